The molecule has 1 aliphatic heterocycles. The molecule has 12 heteroatoms. The fourth-order valence-electron chi connectivity index (χ4n) is 2.97. The van der Waals surface area contributed by atoms with Gasteiger partial charge in [0.1, 0.15) is 11.4 Å². The summed E-state index contributed by atoms with van der Waals surface area (Å²) in [5.41, 5.74) is 1.35. The number of fused-ring (bicyclic) bond motifs is 1. The van der Waals surface area contributed by atoms with Gasteiger partial charge in [0, 0.05) is 25.2 Å². The molecule has 1 aliphatic rings. The Hall–Kier alpha value is -2.89. The van der Waals surface area contributed by atoms with Gasteiger partial charge in [-0.05, 0) is 29.5 Å². The van der Waals surface area contributed by atoms with Crippen LogP contribution < -0.4 is 5.32 Å². The number of hydrogen-bond donors (Lipinski definition) is 1. The molecule has 1 N–H and O–H groups in total. The highest BCUT2D eigenvalue weighted by Crippen LogP contribution is 2.33. The van der Waals surface area contributed by atoms with Gasteiger partial charge in [-0.3, -0.25) is 24.0 Å². The topological polar surface area (TPSA) is 110 Å². The number of hydrogen-bond acceptors (Lipinski definition) is 8. The lowest BCUT2D eigenvalue weighted by molar-refractivity contribution is -0.123. The molecule has 9 nitrogen and oxygen atoms in total. The molecule has 0 atom stereocenters. The maximum Gasteiger partial charge on any atom is 0.293 e. The normalized spacial score (nSPS) is 15.2. The maximum atomic E-state index is 12.6. The molecule has 0 unspecified atom stereocenters. The SMILES string of the molecule is Cn1ncc2c(SCC(=O)NCCN3C(=O)S/C(=C/c4ccccc4Cl)C3=O)ncnc21. The Kier molecular flexibility index (Phi) is 6.77. The van der Waals surface area contributed by atoms with E-state index < -0.39 is 5.91 Å². The van der Waals surface area contributed by atoms with E-state index in [4.69, 9.17) is 11.6 Å². The predicted molar refractivity (Wildman–Crippen MR) is 124 cm³/mol. The number of nitrogens with zero attached hydrogens (tertiary/aromatic N) is 5. The van der Waals surface area contributed by atoms with Crippen LogP contribution in [-0.2, 0) is 16.6 Å². The van der Waals surface area contributed by atoms with Gasteiger partial charge in [-0.15, -0.1) is 0 Å². The summed E-state index contributed by atoms with van der Waals surface area (Å²) in [6.45, 7) is 0.240. The third kappa shape index (κ3) is 4.79. The highest BCUT2D eigenvalue weighted by molar-refractivity contribution is 8.18. The molecule has 0 radical (unpaired) electrons. The van der Waals surface area contributed by atoms with Crippen LogP contribution >= 0.6 is 35.1 Å². The summed E-state index contributed by atoms with van der Waals surface area (Å²) in [7, 11) is 1.78. The van der Waals surface area contributed by atoms with Crippen molar-refractivity contribution in [2.45, 2.75) is 5.03 Å². The first-order valence-electron chi connectivity index (χ1n) is 9.46. The molecule has 0 aliphatic carbocycles. The number of halogens is 1. The van der Waals surface area contributed by atoms with Crippen LogP contribution in [0.15, 0.2) is 46.7 Å². The van der Waals surface area contributed by atoms with E-state index in [2.05, 4.69) is 20.4 Å². The number of carbonyl (C=O) groups is 3. The second-order valence-corrected chi connectivity index (χ2v) is 9.04. The van der Waals surface area contributed by atoms with E-state index in [0.29, 0.717) is 26.2 Å². The monoisotopic (exact) mass is 488 g/mol. The number of nitrogens with one attached hydrogen (secondary N) is 1. The zero-order valence-electron chi connectivity index (χ0n) is 16.8. The van der Waals surface area contributed by atoms with Crippen LogP contribution in [0.25, 0.3) is 17.1 Å². The number of carbonyl (C=O) groups excluding carboxylic acids is 3. The van der Waals surface area contributed by atoms with Crippen LogP contribution in [-0.4, -0.2) is 60.5 Å². The van der Waals surface area contributed by atoms with Gasteiger partial charge in [0.15, 0.2) is 5.65 Å². The summed E-state index contributed by atoms with van der Waals surface area (Å²) in [4.78, 5) is 46.8. The molecule has 3 aromatic rings. The number of benzene rings is 1. The minimum atomic E-state index is -0.400. The van der Waals surface area contributed by atoms with Gasteiger partial charge in [-0.25, -0.2) is 9.97 Å². The summed E-state index contributed by atoms with van der Waals surface area (Å²) >= 11 is 8.25. The minimum Gasteiger partial charge on any atom is -0.354 e. The minimum absolute atomic E-state index is 0.0846. The molecule has 4 rings (SSSR count). The van der Waals surface area contributed by atoms with Crippen LogP contribution in [0.3, 0.4) is 0 Å². The molecule has 3 amide bonds. The summed E-state index contributed by atoms with van der Waals surface area (Å²) < 4.78 is 1.64. The van der Waals surface area contributed by atoms with Gasteiger partial charge in [0.05, 0.1) is 22.2 Å². The number of thioether (sulfide) groups is 2. The maximum absolute atomic E-state index is 12.6. The number of amides is 3. The van der Waals surface area contributed by atoms with E-state index in [1.54, 1.807) is 48.3 Å². The van der Waals surface area contributed by atoms with Gasteiger partial charge < -0.3 is 5.32 Å². The van der Waals surface area contributed by atoms with E-state index >= 15 is 0 Å². The van der Waals surface area contributed by atoms with Gasteiger partial charge in [-0.1, -0.05) is 41.6 Å². The summed E-state index contributed by atoms with van der Waals surface area (Å²) in [5.74, 6) is -0.497. The fourth-order valence-corrected chi connectivity index (χ4v) is 4.81. The van der Waals surface area contributed by atoms with Crippen LogP contribution in [0, 0.1) is 0 Å². The van der Waals surface area contributed by atoms with Crippen LogP contribution in [0.4, 0.5) is 4.79 Å². The first-order chi connectivity index (χ1) is 15.4. The van der Waals surface area contributed by atoms with Crippen LogP contribution in [0.5, 0.6) is 0 Å². The lowest BCUT2D eigenvalue weighted by atomic mass is 10.2. The predicted octanol–water partition coefficient (Wildman–Crippen LogP) is 2.96. The first-order valence-corrected chi connectivity index (χ1v) is 11.6. The van der Waals surface area contributed by atoms with Gasteiger partial charge in [-0.2, -0.15) is 5.10 Å². The molecular formula is C20H17ClN6O3S2. The third-order valence-corrected chi connectivity index (χ3v) is 6.81. The van der Waals surface area contributed by atoms with Crippen molar-refractivity contribution >= 4 is 69.3 Å². The van der Waals surface area contributed by atoms with Crippen molar-refractivity contribution in [3.05, 3.63) is 52.3 Å². The summed E-state index contributed by atoms with van der Waals surface area (Å²) in [6.07, 6.45) is 4.69. The van der Waals surface area contributed by atoms with Crippen molar-refractivity contribution in [3.63, 3.8) is 0 Å². The van der Waals surface area contributed by atoms with E-state index in [-0.39, 0.29) is 30.0 Å². The summed E-state index contributed by atoms with van der Waals surface area (Å²) in [5, 5.41) is 8.43. The molecule has 1 fully saturated rings. The highest BCUT2D eigenvalue weighted by atomic mass is 35.5. The van der Waals surface area contributed by atoms with E-state index in [9.17, 15) is 14.4 Å². The Bertz CT molecular complexity index is 1250. The van der Waals surface area contributed by atoms with Gasteiger partial charge in [0.2, 0.25) is 5.91 Å². The summed E-state index contributed by atoms with van der Waals surface area (Å²) in [6, 6.07) is 7.07. The van der Waals surface area contributed by atoms with Crippen LogP contribution in [0.2, 0.25) is 5.02 Å². The van der Waals surface area contributed by atoms with Crippen molar-refractivity contribution in [2.75, 3.05) is 18.8 Å². The van der Waals surface area contributed by atoms with Crippen molar-refractivity contribution in [1.82, 2.24) is 30.0 Å². The third-order valence-electron chi connectivity index (χ3n) is 4.56. The second kappa shape index (κ2) is 9.72. The standard InChI is InChI=1S/C20H17ClN6O3S2/c1-26-17-13(9-25-26)18(24-11-23-17)31-10-16(28)22-6-7-27-19(29)15(32-20(27)30)8-12-4-2-3-5-14(12)21/h2-5,8-9,11H,6-7,10H2,1H3,(H,22,28)/b15-8+. The van der Waals surface area contributed by atoms with E-state index in [0.717, 1.165) is 22.0 Å². The first kappa shape index (κ1) is 22.3. The average Bonchev–Trinajstić information content (AvgIpc) is 3.28. The Morgan fingerprint density at radius 3 is 2.91 bits per heavy atom. The average molecular weight is 489 g/mol. The second-order valence-electron chi connectivity index (χ2n) is 6.68. The molecule has 0 bridgehead atoms. The molecule has 1 aromatic carbocycles. The van der Waals surface area contributed by atoms with E-state index in [1.807, 2.05) is 0 Å². The molecular weight excluding hydrogens is 472 g/mol. The highest BCUT2D eigenvalue weighted by Gasteiger charge is 2.34. The van der Waals surface area contributed by atoms with Crippen molar-refractivity contribution < 1.29 is 14.4 Å². The molecule has 164 valence electrons. The molecule has 2 aromatic heterocycles. The van der Waals surface area contributed by atoms with Crippen molar-refractivity contribution in [2.24, 2.45) is 7.05 Å². The Balaban J connectivity index is 1.29. The lowest BCUT2D eigenvalue weighted by Gasteiger charge is -2.13. The zero-order valence-corrected chi connectivity index (χ0v) is 19.2. The van der Waals surface area contributed by atoms with E-state index in [1.165, 1.54) is 18.1 Å². The number of rotatable bonds is 7. The Labute approximate surface area is 196 Å². The number of aromatic nitrogens is 4. The van der Waals surface area contributed by atoms with Crippen LogP contribution in [0.1, 0.15) is 5.56 Å². The molecule has 1 saturated heterocycles. The number of imide groups is 1. The molecule has 0 spiro atoms. The number of aryl methyl sites for hydroxylation is 1. The quantitative estimate of drug-likeness (QED) is 0.307. The van der Waals surface area contributed by atoms with Gasteiger partial charge in [0.25, 0.3) is 11.1 Å². The van der Waals surface area contributed by atoms with Crippen molar-refractivity contribution in [1.29, 1.82) is 0 Å². The Morgan fingerprint density at radius 1 is 1.28 bits per heavy atom. The molecule has 32 heavy (non-hydrogen) atoms. The smallest absolute Gasteiger partial charge is 0.293 e. The lowest BCUT2D eigenvalue weighted by Crippen LogP contribution is -2.37. The van der Waals surface area contributed by atoms with Gasteiger partial charge >= 0.3 is 0 Å². The fraction of sp³-hybridized carbons (Fsp3) is 0.200. The Morgan fingerprint density at radius 2 is 2.09 bits per heavy atom. The largest absolute Gasteiger partial charge is 0.354 e. The molecule has 0 saturated carbocycles. The molecule has 3 heterocycles. The zero-order chi connectivity index (χ0) is 22.7. The van der Waals surface area contributed by atoms with Crippen molar-refractivity contribution in [3.8, 4) is 0 Å².